The molecule has 170 valence electrons. The van der Waals surface area contributed by atoms with Crippen LogP contribution in [0.4, 0.5) is 0 Å². The van der Waals surface area contributed by atoms with Crippen LogP contribution in [-0.2, 0) is 11.2 Å². The zero-order valence-electron chi connectivity index (χ0n) is 20.5. The van der Waals surface area contributed by atoms with Gasteiger partial charge >= 0.3 is 0 Å². The second-order valence-electron chi connectivity index (χ2n) is 8.32. The highest BCUT2D eigenvalue weighted by atomic mass is 16.5. The van der Waals surface area contributed by atoms with Gasteiger partial charge in [-0.05, 0) is 67.6 Å². The molecule has 32 heavy (non-hydrogen) atoms. The van der Waals surface area contributed by atoms with Crippen LogP contribution in [-0.4, -0.2) is 37.7 Å². The summed E-state index contributed by atoms with van der Waals surface area (Å²) >= 11 is 0. The van der Waals surface area contributed by atoms with Gasteiger partial charge in [-0.1, -0.05) is 80.2 Å². The lowest BCUT2D eigenvalue weighted by molar-refractivity contribution is 0.0376. The Labute approximate surface area is 195 Å². The van der Waals surface area contributed by atoms with Crippen LogP contribution < -0.4 is 4.74 Å². The molecule has 1 aliphatic rings. The van der Waals surface area contributed by atoms with Crippen molar-refractivity contribution in [3.8, 4) is 5.75 Å². The maximum absolute atomic E-state index is 6.56. The smallest absolute Gasteiger partial charge is 0.118 e. The van der Waals surface area contributed by atoms with Crippen molar-refractivity contribution in [2.24, 2.45) is 0 Å². The molecule has 3 heteroatoms. The molecule has 1 aliphatic heterocycles. The van der Waals surface area contributed by atoms with E-state index in [0.29, 0.717) is 6.04 Å². The fourth-order valence-electron chi connectivity index (χ4n) is 4.50. The van der Waals surface area contributed by atoms with E-state index in [2.05, 4.69) is 89.8 Å². The molecular weight excluding hydrogens is 394 g/mol. The van der Waals surface area contributed by atoms with Crippen molar-refractivity contribution < 1.29 is 10.8 Å². The highest BCUT2D eigenvalue weighted by Crippen LogP contribution is 2.28. The fourth-order valence-corrected chi connectivity index (χ4v) is 4.50. The van der Waals surface area contributed by atoms with Crippen LogP contribution in [0.2, 0.25) is 0 Å². The lowest BCUT2D eigenvalue weighted by Gasteiger charge is -2.27. The molecule has 1 atom stereocenters. The van der Waals surface area contributed by atoms with E-state index in [0.717, 1.165) is 25.3 Å². The fraction of sp³-hybridized carbons (Fsp3) is 0.379. The van der Waals surface area contributed by atoms with E-state index in [-0.39, 0.29) is 6.10 Å². The summed E-state index contributed by atoms with van der Waals surface area (Å²) in [6, 6.07) is 30.1. The van der Waals surface area contributed by atoms with E-state index in [1.165, 1.54) is 49.9 Å². The van der Waals surface area contributed by atoms with Crippen molar-refractivity contribution in [3.05, 3.63) is 102 Å². The third-order valence-corrected chi connectivity index (χ3v) is 6.23. The Balaban J connectivity index is 0.00000149. The van der Waals surface area contributed by atoms with Gasteiger partial charge in [0.1, 0.15) is 11.9 Å². The zero-order chi connectivity index (χ0) is 23.3. The van der Waals surface area contributed by atoms with Gasteiger partial charge < -0.3 is 9.47 Å². The predicted molar refractivity (Wildman–Crippen MR) is 133 cm³/mol. The van der Waals surface area contributed by atoms with Crippen molar-refractivity contribution in [2.45, 2.75) is 45.2 Å². The molecule has 0 aliphatic carbocycles. The van der Waals surface area contributed by atoms with Crippen molar-refractivity contribution in [1.82, 2.24) is 4.90 Å². The Morgan fingerprint density at radius 2 is 1.56 bits per heavy atom. The molecule has 3 aromatic rings. The van der Waals surface area contributed by atoms with E-state index < -0.39 is 0 Å². The van der Waals surface area contributed by atoms with E-state index in [4.69, 9.17) is 10.8 Å². The molecule has 1 heterocycles. The summed E-state index contributed by atoms with van der Waals surface area (Å²) in [4.78, 5) is 2.62. The van der Waals surface area contributed by atoms with Gasteiger partial charge in [-0.15, -0.1) is 0 Å². The lowest BCUT2D eigenvalue weighted by Crippen LogP contribution is -2.34. The minimum absolute atomic E-state index is 0.0100. The molecule has 1 saturated heterocycles. The standard InChI is InChI=1S/C28H33NO2.CH4/c1-30-27-18-16-23(17-19-27)10-8-20-29-21-9-15-26(29)22-31-28(24-11-4-2-5-12-24)25-13-6-3-7-14-25;/h2-7,11-14,16-19,26,28H,8-10,15,20-22H2,1H3;1H4/t26-;/m0./s1/i;1T. The van der Waals surface area contributed by atoms with Crippen LogP contribution in [0.25, 0.3) is 0 Å². The van der Waals surface area contributed by atoms with Crippen molar-refractivity contribution in [2.75, 3.05) is 26.8 Å². The first-order chi connectivity index (χ1) is 16.3. The van der Waals surface area contributed by atoms with E-state index in [9.17, 15) is 0 Å². The Morgan fingerprint density at radius 3 is 2.16 bits per heavy atom. The first kappa shape index (κ1) is 22.6. The average Bonchev–Trinajstić information content (AvgIpc) is 3.34. The number of ether oxygens (including phenoxy) is 2. The van der Waals surface area contributed by atoms with Crippen LogP contribution in [0.5, 0.6) is 5.75 Å². The molecule has 0 unspecified atom stereocenters. The van der Waals surface area contributed by atoms with Crippen molar-refractivity contribution >= 4 is 0 Å². The highest BCUT2D eigenvalue weighted by Gasteiger charge is 2.26. The highest BCUT2D eigenvalue weighted by molar-refractivity contribution is 5.30. The number of hydrogen-bond acceptors (Lipinski definition) is 3. The number of benzene rings is 3. The second kappa shape index (κ2) is 12.4. The quantitative estimate of drug-likeness (QED) is 0.363. The van der Waals surface area contributed by atoms with Gasteiger partial charge in [0.25, 0.3) is 0 Å². The zero-order valence-corrected chi connectivity index (χ0v) is 19.5. The minimum atomic E-state index is -0.0100. The average molecular weight is 434 g/mol. The first-order valence-electron chi connectivity index (χ1n) is 12.4. The Morgan fingerprint density at radius 1 is 0.938 bits per heavy atom. The number of nitrogens with zero attached hydrogens (tertiary/aromatic N) is 1. The molecule has 3 nitrogen and oxygen atoms in total. The lowest BCUT2D eigenvalue weighted by atomic mass is 10.0. The summed E-state index contributed by atoms with van der Waals surface area (Å²) in [5.74, 6) is 0.923. The van der Waals surface area contributed by atoms with Gasteiger partial charge in [0.15, 0.2) is 0 Å². The SMILES string of the molecule is COc1ccc(CCCN2CCC[C@H]2COC(c2ccccc2)c2ccccc2)cc1.[3H]C. The molecule has 0 N–H and O–H groups in total. The molecular formula is C29H37NO2. The Kier molecular flexibility index (Phi) is 8.76. The summed E-state index contributed by atoms with van der Waals surface area (Å²) in [5.41, 5.74) is 3.82. The third-order valence-electron chi connectivity index (χ3n) is 6.23. The van der Waals surface area contributed by atoms with Gasteiger partial charge in [-0.2, -0.15) is 0 Å². The number of hydrogen-bond donors (Lipinski definition) is 0. The maximum atomic E-state index is 6.56. The van der Waals surface area contributed by atoms with E-state index in [1.54, 1.807) is 7.11 Å². The molecule has 0 amide bonds. The van der Waals surface area contributed by atoms with Crippen LogP contribution in [0.3, 0.4) is 0 Å². The summed E-state index contributed by atoms with van der Waals surface area (Å²) in [5, 5.41) is 0. The van der Waals surface area contributed by atoms with E-state index in [1.807, 2.05) is 0 Å². The van der Waals surface area contributed by atoms with Gasteiger partial charge in [0.05, 0.1) is 13.7 Å². The molecule has 0 spiro atoms. The minimum Gasteiger partial charge on any atom is -0.497 e. The van der Waals surface area contributed by atoms with Crippen LogP contribution in [0.1, 0.15) is 50.8 Å². The Hall–Kier alpha value is -2.62. The number of methoxy groups -OCH3 is 1. The summed E-state index contributed by atoms with van der Waals surface area (Å²) in [6.45, 7) is 3.08. The monoisotopic (exact) mass is 433 g/mol. The van der Waals surface area contributed by atoms with Gasteiger partial charge in [-0.3, -0.25) is 4.90 Å². The predicted octanol–water partition coefficient (Wildman–Crippen LogP) is 6.53. The van der Waals surface area contributed by atoms with Gasteiger partial charge in [-0.25, -0.2) is 0 Å². The van der Waals surface area contributed by atoms with E-state index >= 15 is 0 Å². The molecule has 4 rings (SSSR count). The maximum Gasteiger partial charge on any atom is 0.118 e. The molecule has 0 bridgehead atoms. The molecule has 0 radical (unpaired) electrons. The van der Waals surface area contributed by atoms with Crippen molar-refractivity contribution in [3.63, 3.8) is 0 Å². The second-order valence-corrected chi connectivity index (χ2v) is 8.32. The summed E-state index contributed by atoms with van der Waals surface area (Å²) in [7, 11) is 2.96. The molecule has 1 fully saturated rings. The molecule has 0 aromatic heterocycles. The normalized spacial score (nSPS) is 16.3. The van der Waals surface area contributed by atoms with Gasteiger partial charge in [0, 0.05) is 7.41 Å². The topological polar surface area (TPSA) is 21.7 Å². The van der Waals surface area contributed by atoms with Crippen LogP contribution in [0.15, 0.2) is 84.9 Å². The third kappa shape index (κ3) is 6.44. The van der Waals surface area contributed by atoms with Crippen molar-refractivity contribution in [1.29, 1.82) is 0 Å². The molecule has 3 aromatic carbocycles. The number of likely N-dealkylation sites (tertiary alicyclic amines) is 1. The van der Waals surface area contributed by atoms with Crippen LogP contribution in [0, 0.1) is 0 Å². The summed E-state index contributed by atoms with van der Waals surface area (Å²) < 4.78 is 17.6. The number of rotatable bonds is 10. The van der Waals surface area contributed by atoms with Gasteiger partial charge in [0.2, 0.25) is 0 Å². The first-order valence-corrected chi connectivity index (χ1v) is 11.4. The Bertz CT molecular complexity index is 862. The largest absolute Gasteiger partial charge is 0.497 e. The van der Waals surface area contributed by atoms with Crippen LogP contribution >= 0.6 is 0 Å². The molecule has 0 saturated carbocycles. The summed E-state index contributed by atoms with van der Waals surface area (Å²) in [6.07, 6.45) is 4.75. The number of aryl methyl sites for hydroxylation is 1.